The lowest BCUT2D eigenvalue weighted by Gasteiger charge is -2.24. The van der Waals surface area contributed by atoms with Crippen molar-refractivity contribution in [3.63, 3.8) is 0 Å². The molecule has 6 heteroatoms. The zero-order valence-electron chi connectivity index (χ0n) is 15.1. The summed E-state index contributed by atoms with van der Waals surface area (Å²) < 4.78 is 0. The van der Waals surface area contributed by atoms with E-state index in [1.54, 1.807) is 6.54 Å². The van der Waals surface area contributed by atoms with Crippen LogP contribution in [0.5, 0.6) is 0 Å². The van der Waals surface area contributed by atoms with Gasteiger partial charge in [-0.2, -0.15) is 0 Å². The fraction of sp³-hybridized carbons (Fsp3) is 0.286. The van der Waals surface area contributed by atoms with Crippen molar-refractivity contribution in [3.05, 3.63) is 72.3 Å². The number of hydrogen-bond donors (Lipinski definition) is 3. The molecule has 1 amide bonds. The summed E-state index contributed by atoms with van der Waals surface area (Å²) in [6, 6.07) is 17.4. The number of carboxylic acids is 1. The molecule has 0 unspecified atom stereocenters. The molecule has 0 aliphatic carbocycles. The molecular formula is C21H24N3O3. The Morgan fingerprint density at radius 1 is 1.11 bits per heavy atom. The van der Waals surface area contributed by atoms with Gasteiger partial charge in [0.25, 0.3) is 0 Å². The first kappa shape index (κ1) is 19.1. The molecule has 3 rings (SSSR count). The molecule has 3 N–H and O–H groups in total. The van der Waals surface area contributed by atoms with Crippen LogP contribution >= 0.6 is 0 Å². The Morgan fingerprint density at radius 3 is 2.63 bits per heavy atom. The molecule has 6 nitrogen and oxygen atoms in total. The second-order valence-electron chi connectivity index (χ2n) is 6.61. The Morgan fingerprint density at radius 2 is 1.85 bits per heavy atom. The van der Waals surface area contributed by atoms with Crippen molar-refractivity contribution in [3.8, 4) is 0 Å². The average molecular weight is 366 g/mol. The molecule has 0 saturated carbocycles. The summed E-state index contributed by atoms with van der Waals surface area (Å²) in [5.74, 6) is -0.960. The van der Waals surface area contributed by atoms with Crippen LogP contribution in [0.2, 0.25) is 0 Å². The van der Waals surface area contributed by atoms with E-state index in [4.69, 9.17) is 5.11 Å². The Bertz CT molecular complexity index is 779. The highest BCUT2D eigenvalue weighted by molar-refractivity contribution is 5.95. The summed E-state index contributed by atoms with van der Waals surface area (Å²) in [7, 11) is 0. The Balaban J connectivity index is 1.63. The molecule has 1 atom stereocenters. The molecule has 0 spiro atoms. The fourth-order valence-corrected chi connectivity index (χ4v) is 3.33. The van der Waals surface area contributed by atoms with Crippen molar-refractivity contribution in [2.75, 3.05) is 18.4 Å². The second-order valence-corrected chi connectivity index (χ2v) is 6.61. The number of nitrogens with one attached hydrogen (secondary N) is 2. The molecule has 1 aliphatic heterocycles. The van der Waals surface area contributed by atoms with Gasteiger partial charge in [0.15, 0.2) is 0 Å². The van der Waals surface area contributed by atoms with Crippen LogP contribution in [0, 0.1) is 6.54 Å². The minimum Gasteiger partial charge on any atom is -0.480 e. The highest BCUT2D eigenvalue weighted by Crippen LogP contribution is 2.23. The predicted molar refractivity (Wildman–Crippen MR) is 104 cm³/mol. The third-order valence-corrected chi connectivity index (χ3v) is 4.62. The molecular weight excluding hydrogens is 342 g/mol. The summed E-state index contributed by atoms with van der Waals surface area (Å²) >= 11 is 0. The predicted octanol–water partition coefficient (Wildman–Crippen LogP) is 2.47. The molecule has 0 bridgehead atoms. The molecule has 0 aromatic heterocycles. The molecule has 1 saturated heterocycles. The number of rotatable bonds is 8. The summed E-state index contributed by atoms with van der Waals surface area (Å²) in [6.07, 6.45) is 1.83. The minimum absolute atomic E-state index is 0.0254. The van der Waals surface area contributed by atoms with Crippen molar-refractivity contribution in [2.45, 2.75) is 25.4 Å². The second kappa shape index (κ2) is 9.30. The van der Waals surface area contributed by atoms with Gasteiger partial charge in [-0.3, -0.25) is 19.8 Å². The van der Waals surface area contributed by atoms with E-state index >= 15 is 0 Å². The van der Waals surface area contributed by atoms with Crippen molar-refractivity contribution in [2.24, 2.45) is 0 Å². The first-order chi connectivity index (χ1) is 13.1. The fourth-order valence-electron chi connectivity index (χ4n) is 3.33. The van der Waals surface area contributed by atoms with Crippen LogP contribution in [0.3, 0.4) is 0 Å². The number of nitrogens with zero attached hydrogens (tertiary/aromatic N) is 1. The standard InChI is InChI=1S/C21H24N3O3/c25-20(26)14-22-13-17-9-4-5-10-18(17)23-21(27)19-11-6-12-24(19)15-16-7-2-1-3-8-16/h1-5,7-10,13,19,22H,6,11-12,14-15H2,(H,23,27)(H,25,26)/t19-/m0/s1. The number of carbonyl (C=O) groups excluding carboxylic acids is 1. The SMILES string of the molecule is O=C(O)CN[CH]c1ccccc1NC(=O)[C@@H]1CCCN1Cc1ccccc1. The van der Waals surface area contributed by atoms with E-state index in [2.05, 4.69) is 27.7 Å². The number of anilines is 1. The molecule has 1 heterocycles. The molecule has 2 aromatic rings. The van der Waals surface area contributed by atoms with Crippen molar-refractivity contribution < 1.29 is 14.7 Å². The van der Waals surface area contributed by atoms with E-state index in [0.717, 1.165) is 31.5 Å². The number of aliphatic carboxylic acids is 1. The van der Waals surface area contributed by atoms with Crippen molar-refractivity contribution >= 4 is 17.6 Å². The van der Waals surface area contributed by atoms with E-state index in [9.17, 15) is 9.59 Å². The van der Waals surface area contributed by atoms with Crippen molar-refractivity contribution in [1.29, 1.82) is 0 Å². The van der Waals surface area contributed by atoms with E-state index < -0.39 is 5.97 Å². The Hall–Kier alpha value is -2.70. The molecule has 1 radical (unpaired) electrons. The lowest BCUT2D eigenvalue weighted by Crippen LogP contribution is -2.39. The highest BCUT2D eigenvalue weighted by Gasteiger charge is 2.30. The largest absolute Gasteiger partial charge is 0.480 e. The summed E-state index contributed by atoms with van der Waals surface area (Å²) in [5, 5.41) is 14.5. The number of likely N-dealkylation sites (tertiary alicyclic amines) is 1. The van der Waals surface area contributed by atoms with Gasteiger partial charge >= 0.3 is 5.97 Å². The smallest absolute Gasteiger partial charge is 0.317 e. The Kier molecular flexibility index (Phi) is 6.57. The van der Waals surface area contributed by atoms with Gasteiger partial charge in [0.2, 0.25) is 5.91 Å². The van der Waals surface area contributed by atoms with Crippen LogP contribution in [0.15, 0.2) is 54.6 Å². The maximum absolute atomic E-state index is 12.9. The number of amides is 1. The monoisotopic (exact) mass is 366 g/mol. The van der Waals surface area contributed by atoms with Crippen molar-refractivity contribution in [1.82, 2.24) is 10.2 Å². The summed E-state index contributed by atoms with van der Waals surface area (Å²) in [4.78, 5) is 25.7. The molecule has 1 aliphatic rings. The van der Waals surface area contributed by atoms with Gasteiger partial charge in [-0.25, -0.2) is 0 Å². The highest BCUT2D eigenvalue weighted by atomic mass is 16.4. The first-order valence-electron chi connectivity index (χ1n) is 9.10. The van der Waals surface area contributed by atoms with Gasteiger partial charge in [0.1, 0.15) is 0 Å². The van der Waals surface area contributed by atoms with E-state index in [-0.39, 0.29) is 18.5 Å². The summed E-state index contributed by atoms with van der Waals surface area (Å²) in [5.41, 5.74) is 2.62. The Labute approximate surface area is 159 Å². The molecule has 2 aromatic carbocycles. The molecule has 27 heavy (non-hydrogen) atoms. The number of hydrogen-bond acceptors (Lipinski definition) is 4. The van der Waals surface area contributed by atoms with Crippen LogP contribution in [-0.2, 0) is 16.1 Å². The van der Waals surface area contributed by atoms with Crippen LogP contribution in [0.1, 0.15) is 24.0 Å². The maximum atomic E-state index is 12.9. The van der Waals surface area contributed by atoms with Gasteiger partial charge in [-0.15, -0.1) is 0 Å². The topological polar surface area (TPSA) is 81.7 Å². The van der Waals surface area contributed by atoms with Gasteiger partial charge < -0.3 is 10.4 Å². The number of carboxylic acid groups (broad SMARTS) is 1. The molecule has 1 fully saturated rings. The lowest BCUT2D eigenvalue weighted by atomic mass is 10.1. The normalized spacial score (nSPS) is 17.0. The lowest BCUT2D eigenvalue weighted by molar-refractivity contribution is -0.135. The van der Waals surface area contributed by atoms with Gasteiger partial charge in [0.05, 0.1) is 19.1 Å². The molecule has 141 valence electrons. The zero-order valence-corrected chi connectivity index (χ0v) is 15.1. The maximum Gasteiger partial charge on any atom is 0.317 e. The number of para-hydroxylation sites is 1. The van der Waals surface area contributed by atoms with E-state index in [0.29, 0.717) is 5.69 Å². The summed E-state index contributed by atoms with van der Waals surface area (Å²) in [6.45, 7) is 3.10. The minimum atomic E-state index is -0.935. The van der Waals surface area contributed by atoms with Gasteiger partial charge in [-0.1, -0.05) is 48.5 Å². The third-order valence-electron chi connectivity index (χ3n) is 4.62. The van der Waals surface area contributed by atoms with Crippen LogP contribution in [-0.4, -0.2) is 41.0 Å². The third kappa shape index (κ3) is 5.39. The van der Waals surface area contributed by atoms with Gasteiger partial charge in [0, 0.05) is 12.2 Å². The number of carbonyl (C=O) groups is 2. The number of benzene rings is 2. The van der Waals surface area contributed by atoms with Crippen LogP contribution in [0.4, 0.5) is 5.69 Å². The zero-order chi connectivity index (χ0) is 19.1. The van der Waals surface area contributed by atoms with Crippen LogP contribution < -0.4 is 10.6 Å². The first-order valence-corrected chi connectivity index (χ1v) is 9.10. The quantitative estimate of drug-likeness (QED) is 0.669. The van der Waals surface area contributed by atoms with Gasteiger partial charge in [-0.05, 0) is 36.6 Å². The van der Waals surface area contributed by atoms with Crippen LogP contribution in [0.25, 0.3) is 0 Å². The van der Waals surface area contributed by atoms with E-state index in [1.165, 1.54) is 5.56 Å². The van der Waals surface area contributed by atoms with E-state index in [1.807, 2.05) is 42.5 Å². The average Bonchev–Trinajstić information content (AvgIpc) is 3.12.